The minimum Gasteiger partial charge on any atom is -0.481 e. The molecule has 150 valence electrons. The summed E-state index contributed by atoms with van der Waals surface area (Å²) in [5, 5.41) is 9.38. The summed E-state index contributed by atoms with van der Waals surface area (Å²) < 4.78 is 18.2. The van der Waals surface area contributed by atoms with Crippen molar-refractivity contribution in [3.63, 3.8) is 0 Å². The fourth-order valence-electron chi connectivity index (χ4n) is 3.44. The molecule has 0 aromatic heterocycles. The molecule has 2 rings (SSSR count). The number of ether oxygens (including phenoxy) is 1. The molecule has 0 spiro atoms. The van der Waals surface area contributed by atoms with Crippen LogP contribution in [0.5, 0.6) is 0 Å². The monoisotopic (exact) mass is 397 g/mol. The molecule has 0 saturated carbocycles. The third kappa shape index (κ3) is 6.08. The summed E-state index contributed by atoms with van der Waals surface area (Å²) in [7, 11) is -3.87. The number of rotatable bonds is 8. The normalized spacial score (nSPS) is 20.3. The highest BCUT2D eigenvalue weighted by Gasteiger charge is 2.44. The fourth-order valence-corrected chi connectivity index (χ4v) is 5.86. The van der Waals surface area contributed by atoms with E-state index in [-0.39, 0.29) is 18.7 Å². The van der Waals surface area contributed by atoms with Gasteiger partial charge in [0, 0.05) is 12.7 Å². The standard InChI is InChI=1S/C19H28NO6P/c1-14(2)11-16(18(21)22)13-27(24,25)17-9-6-10-20(17)19(23)26-12-15-7-4-3-5-8-15/h3-5,7-8,14,16-17H,6,9-13H2,1-2H3,(H,21,22)(H,24,25)/t16-,17+/m1/s1. The van der Waals surface area contributed by atoms with Crippen molar-refractivity contribution < 1.29 is 28.9 Å². The lowest BCUT2D eigenvalue weighted by Crippen LogP contribution is -2.37. The van der Waals surface area contributed by atoms with Crippen molar-refractivity contribution in [2.24, 2.45) is 11.8 Å². The Hall–Kier alpha value is -1.85. The Morgan fingerprint density at radius 3 is 2.56 bits per heavy atom. The van der Waals surface area contributed by atoms with Gasteiger partial charge in [-0.1, -0.05) is 44.2 Å². The van der Waals surface area contributed by atoms with Gasteiger partial charge in [0.05, 0.1) is 5.92 Å². The first-order valence-electron chi connectivity index (χ1n) is 9.22. The van der Waals surface area contributed by atoms with Crippen molar-refractivity contribution in [3.8, 4) is 0 Å². The summed E-state index contributed by atoms with van der Waals surface area (Å²) in [5.74, 6) is -2.76. The molecule has 1 aliphatic rings. The Morgan fingerprint density at radius 2 is 1.96 bits per heavy atom. The Labute approximate surface area is 159 Å². The highest BCUT2D eigenvalue weighted by molar-refractivity contribution is 7.58. The van der Waals surface area contributed by atoms with E-state index in [2.05, 4.69) is 0 Å². The summed E-state index contributed by atoms with van der Waals surface area (Å²) in [5.41, 5.74) is 0.830. The quantitative estimate of drug-likeness (QED) is 0.647. The zero-order valence-corrected chi connectivity index (χ0v) is 16.7. The SMILES string of the molecule is CC(C)C[C@H](CP(=O)(O)[C@H]1CCCN1C(=O)OCc1ccccc1)C(=O)O. The van der Waals surface area contributed by atoms with Crippen LogP contribution in [0.25, 0.3) is 0 Å². The van der Waals surface area contributed by atoms with Crippen molar-refractivity contribution >= 4 is 19.4 Å². The van der Waals surface area contributed by atoms with E-state index in [0.29, 0.717) is 25.8 Å². The molecule has 2 N–H and O–H groups in total. The van der Waals surface area contributed by atoms with E-state index in [4.69, 9.17) is 4.74 Å². The average molecular weight is 397 g/mol. The third-order valence-electron chi connectivity index (χ3n) is 4.71. The van der Waals surface area contributed by atoms with Crippen LogP contribution in [0.2, 0.25) is 0 Å². The molecular formula is C19H28NO6P. The van der Waals surface area contributed by atoms with Gasteiger partial charge in [-0.3, -0.25) is 14.3 Å². The van der Waals surface area contributed by atoms with Crippen LogP contribution in [0.15, 0.2) is 30.3 Å². The molecule has 0 radical (unpaired) electrons. The van der Waals surface area contributed by atoms with Crippen molar-refractivity contribution in [1.29, 1.82) is 0 Å². The van der Waals surface area contributed by atoms with E-state index in [1.54, 1.807) is 0 Å². The summed E-state index contributed by atoms with van der Waals surface area (Å²) in [6.45, 7) is 4.18. The van der Waals surface area contributed by atoms with Crippen molar-refractivity contribution in [2.45, 2.75) is 45.5 Å². The van der Waals surface area contributed by atoms with Gasteiger partial charge in [0.2, 0.25) is 7.37 Å². The van der Waals surface area contributed by atoms with E-state index < -0.39 is 31.1 Å². The van der Waals surface area contributed by atoms with Crippen LogP contribution in [0.3, 0.4) is 0 Å². The van der Waals surface area contributed by atoms with Gasteiger partial charge in [0.15, 0.2) is 0 Å². The zero-order valence-electron chi connectivity index (χ0n) is 15.8. The summed E-state index contributed by atoms with van der Waals surface area (Å²) in [6, 6.07) is 9.19. The number of nitrogens with zero attached hydrogens (tertiary/aromatic N) is 1. The minimum atomic E-state index is -3.87. The Balaban J connectivity index is 2.03. The number of likely N-dealkylation sites (tertiary alicyclic amines) is 1. The van der Waals surface area contributed by atoms with Crippen molar-refractivity contribution in [3.05, 3.63) is 35.9 Å². The number of carboxylic acids is 1. The second kappa shape index (κ2) is 9.38. The van der Waals surface area contributed by atoms with Crippen LogP contribution >= 0.6 is 7.37 Å². The van der Waals surface area contributed by atoms with Gasteiger partial charge in [0.1, 0.15) is 12.4 Å². The number of aliphatic carboxylic acids is 1. The maximum absolute atomic E-state index is 12.9. The van der Waals surface area contributed by atoms with Crippen LogP contribution in [-0.4, -0.2) is 45.5 Å². The number of amides is 1. The molecule has 1 heterocycles. The second-order valence-corrected chi connectivity index (χ2v) is 9.93. The molecule has 1 aromatic carbocycles. The van der Waals surface area contributed by atoms with E-state index in [1.807, 2.05) is 44.2 Å². The molecule has 27 heavy (non-hydrogen) atoms. The Kier molecular flexibility index (Phi) is 7.45. The molecule has 7 nitrogen and oxygen atoms in total. The van der Waals surface area contributed by atoms with Gasteiger partial charge in [-0.25, -0.2) is 4.79 Å². The predicted octanol–water partition coefficient (Wildman–Crippen LogP) is 3.76. The highest BCUT2D eigenvalue weighted by atomic mass is 31.2. The topological polar surface area (TPSA) is 104 Å². The number of carboxylic acid groups (broad SMARTS) is 1. The minimum absolute atomic E-state index is 0.0870. The zero-order chi connectivity index (χ0) is 20.0. The van der Waals surface area contributed by atoms with Crippen molar-refractivity contribution in [2.75, 3.05) is 12.7 Å². The van der Waals surface area contributed by atoms with Crippen molar-refractivity contribution in [1.82, 2.24) is 4.90 Å². The molecule has 8 heteroatoms. The molecule has 1 fully saturated rings. The van der Waals surface area contributed by atoms with Crippen LogP contribution in [-0.2, 0) is 20.7 Å². The van der Waals surface area contributed by atoms with Gasteiger partial charge in [-0.05, 0) is 30.7 Å². The van der Waals surface area contributed by atoms with Gasteiger partial charge >= 0.3 is 12.1 Å². The number of carbonyl (C=O) groups is 2. The van der Waals surface area contributed by atoms with Gasteiger partial charge in [-0.2, -0.15) is 0 Å². The summed E-state index contributed by atoms with van der Waals surface area (Å²) in [4.78, 5) is 35.8. The lowest BCUT2D eigenvalue weighted by molar-refractivity contribution is -0.141. The highest BCUT2D eigenvalue weighted by Crippen LogP contribution is 2.53. The summed E-state index contributed by atoms with van der Waals surface area (Å²) in [6.07, 6.45) is 0.338. The van der Waals surface area contributed by atoms with Gasteiger partial charge < -0.3 is 14.7 Å². The van der Waals surface area contributed by atoms with Crippen LogP contribution in [0, 0.1) is 11.8 Å². The predicted molar refractivity (Wildman–Crippen MR) is 102 cm³/mol. The van der Waals surface area contributed by atoms with E-state index in [9.17, 15) is 24.2 Å². The first-order chi connectivity index (χ1) is 12.7. The summed E-state index contributed by atoms with van der Waals surface area (Å²) >= 11 is 0. The largest absolute Gasteiger partial charge is 0.481 e. The molecular weight excluding hydrogens is 369 g/mol. The maximum atomic E-state index is 12.9. The first-order valence-corrected chi connectivity index (χ1v) is 11.1. The van der Waals surface area contributed by atoms with E-state index in [0.717, 1.165) is 5.56 Å². The molecule has 1 aliphatic heterocycles. The Bertz CT molecular complexity index is 693. The van der Waals surface area contributed by atoms with Gasteiger partial charge in [-0.15, -0.1) is 0 Å². The first kappa shape index (κ1) is 21.5. The number of hydrogen-bond donors (Lipinski definition) is 2. The Morgan fingerprint density at radius 1 is 1.30 bits per heavy atom. The van der Waals surface area contributed by atoms with E-state index >= 15 is 0 Å². The third-order valence-corrected chi connectivity index (χ3v) is 7.15. The lowest BCUT2D eigenvalue weighted by Gasteiger charge is -2.29. The maximum Gasteiger partial charge on any atom is 0.410 e. The second-order valence-electron chi connectivity index (χ2n) is 7.46. The molecule has 0 bridgehead atoms. The molecule has 1 amide bonds. The molecule has 1 aromatic rings. The molecule has 3 atom stereocenters. The lowest BCUT2D eigenvalue weighted by atomic mass is 9.99. The number of hydrogen-bond acceptors (Lipinski definition) is 4. The molecule has 0 aliphatic carbocycles. The number of benzene rings is 1. The smallest absolute Gasteiger partial charge is 0.410 e. The van der Waals surface area contributed by atoms with Crippen LogP contribution < -0.4 is 0 Å². The molecule has 1 saturated heterocycles. The molecule has 1 unspecified atom stereocenters. The average Bonchev–Trinajstić information content (AvgIpc) is 3.10. The number of carbonyl (C=O) groups excluding carboxylic acids is 1. The van der Waals surface area contributed by atoms with Crippen LogP contribution in [0.4, 0.5) is 4.79 Å². The van der Waals surface area contributed by atoms with Gasteiger partial charge in [0.25, 0.3) is 0 Å². The van der Waals surface area contributed by atoms with E-state index in [1.165, 1.54) is 4.90 Å². The van der Waals surface area contributed by atoms with Crippen LogP contribution in [0.1, 0.15) is 38.7 Å². The fraction of sp³-hybridized carbons (Fsp3) is 0.579.